The molecule has 1 aliphatic rings. The first kappa shape index (κ1) is 22.6. The fraction of sp³-hybridized carbons (Fsp3) is 0.375. The van der Waals surface area contributed by atoms with Gasteiger partial charge in [-0.2, -0.15) is 0 Å². The third kappa shape index (κ3) is 5.16. The Labute approximate surface area is 181 Å². The Bertz CT molecular complexity index is 909. The smallest absolute Gasteiger partial charge is 0.247 e. The summed E-state index contributed by atoms with van der Waals surface area (Å²) in [4.78, 5) is 14.6. The third-order valence-corrected chi connectivity index (χ3v) is 5.54. The van der Waals surface area contributed by atoms with Crippen molar-refractivity contribution in [3.8, 4) is 17.2 Å². The van der Waals surface area contributed by atoms with Gasteiger partial charge in [0.05, 0.1) is 27.9 Å². The SMILES string of the molecule is COc1cc(/C=C/C(=O)N(Cc2c(F)cccc2F)C2CCCC2)cc(OC)c1OC. The first-order chi connectivity index (χ1) is 15.0. The number of carbonyl (C=O) groups is 1. The van der Waals surface area contributed by atoms with Crippen molar-refractivity contribution in [2.24, 2.45) is 0 Å². The van der Waals surface area contributed by atoms with Gasteiger partial charge in [0.25, 0.3) is 0 Å². The lowest BCUT2D eigenvalue weighted by Crippen LogP contribution is -2.37. The predicted molar refractivity (Wildman–Crippen MR) is 114 cm³/mol. The maximum absolute atomic E-state index is 14.2. The van der Waals surface area contributed by atoms with E-state index in [-0.39, 0.29) is 24.1 Å². The van der Waals surface area contributed by atoms with E-state index in [2.05, 4.69) is 0 Å². The van der Waals surface area contributed by atoms with E-state index in [1.165, 1.54) is 45.6 Å². The molecule has 0 atom stereocenters. The summed E-state index contributed by atoms with van der Waals surface area (Å²) in [5, 5.41) is 0. The van der Waals surface area contributed by atoms with Gasteiger partial charge in [-0.05, 0) is 48.7 Å². The second-order valence-corrected chi connectivity index (χ2v) is 7.40. The van der Waals surface area contributed by atoms with Crippen LogP contribution in [0.4, 0.5) is 8.78 Å². The zero-order valence-corrected chi connectivity index (χ0v) is 18.0. The standard InChI is InChI=1S/C24H27F2NO4/c1-29-21-13-16(14-22(30-2)24(21)31-3)11-12-23(28)27(17-7-4-5-8-17)15-18-19(25)9-6-10-20(18)26/h6,9-14,17H,4-5,7-8,15H2,1-3H3/b12-11+. The van der Waals surface area contributed by atoms with E-state index in [9.17, 15) is 13.6 Å². The van der Waals surface area contributed by atoms with Crippen molar-refractivity contribution in [1.82, 2.24) is 4.90 Å². The number of hydrogen-bond acceptors (Lipinski definition) is 4. The van der Waals surface area contributed by atoms with Gasteiger partial charge in [0.1, 0.15) is 11.6 Å². The van der Waals surface area contributed by atoms with Gasteiger partial charge < -0.3 is 19.1 Å². The van der Waals surface area contributed by atoms with Gasteiger partial charge in [0.2, 0.25) is 11.7 Å². The molecular formula is C24H27F2NO4. The zero-order chi connectivity index (χ0) is 22.4. The molecule has 2 aromatic rings. The number of hydrogen-bond donors (Lipinski definition) is 0. The zero-order valence-electron chi connectivity index (χ0n) is 18.0. The summed E-state index contributed by atoms with van der Waals surface area (Å²) in [6, 6.07) is 7.14. The van der Waals surface area contributed by atoms with Crippen molar-refractivity contribution in [1.29, 1.82) is 0 Å². The number of carbonyl (C=O) groups excluding carboxylic acids is 1. The minimum Gasteiger partial charge on any atom is -0.493 e. The maximum Gasteiger partial charge on any atom is 0.247 e. The van der Waals surface area contributed by atoms with Crippen LogP contribution >= 0.6 is 0 Å². The van der Waals surface area contributed by atoms with Crippen LogP contribution in [0, 0.1) is 11.6 Å². The first-order valence-corrected chi connectivity index (χ1v) is 10.2. The summed E-state index contributed by atoms with van der Waals surface area (Å²) >= 11 is 0. The first-order valence-electron chi connectivity index (χ1n) is 10.2. The molecule has 1 aliphatic carbocycles. The highest BCUT2D eigenvalue weighted by atomic mass is 19.1. The van der Waals surface area contributed by atoms with Crippen molar-refractivity contribution < 1.29 is 27.8 Å². The number of rotatable bonds is 8. The maximum atomic E-state index is 14.2. The Kier molecular flexibility index (Phi) is 7.50. The lowest BCUT2D eigenvalue weighted by molar-refractivity contribution is -0.128. The number of ether oxygens (including phenoxy) is 3. The quantitative estimate of drug-likeness (QED) is 0.554. The van der Waals surface area contributed by atoms with Crippen LogP contribution in [0.15, 0.2) is 36.4 Å². The van der Waals surface area contributed by atoms with Gasteiger partial charge in [0.15, 0.2) is 11.5 Å². The molecule has 3 rings (SSSR count). The van der Waals surface area contributed by atoms with Crippen LogP contribution in [0.2, 0.25) is 0 Å². The predicted octanol–water partition coefficient (Wildman–Crippen LogP) is 4.98. The molecule has 0 spiro atoms. The van der Waals surface area contributed by atoms with E-state index in [4.69, 9.17) is 14.2 Å². The second-order valence-electron chi connectivity index (χ2n) is 7.40. The van der Waals surface area contributed by atoms with Crippen molar-refractivity contribution in [3.05, 3.63) is 59.2 Å². The average Bonchev–Trinajstić information content (AvgIpc) is 3.31. The van der Waals surface area contributed by atoms with Gasteiger partial charge in [-0.1, -0.05) is 18.9 Å². The topological polar surface area (TPSA) is 48.0 Å². The largest absolute Gasteiger partial charge is 0.493 e. The van der Waals surface area contributed by atoms with E-state index in [1.807, 2.05) is 0 Å². The average molecular weight is 431 g/mol. The Hall–Kier alpha value is -3.09. The number of nitrogens with zero attached hydrogens (tertiary/aromatic N) is 1. The van der Waals surface area contributed by atoms with Gasteiger partial charge in [-0.25, -0.2) is 8.78 Å². The number of benzene rings is 2. The Morgan fingerprint density at radius 2 is 1.61 bits per heavy atom. The molecule has 1 fully saturated rings. The molecule has 1 amide bonds. The molecule has 0 aromatic heterocycles. The van der Waals surface area contributed by atoms with Crippen molar-refractivity contribution in [3.63, 3.8) is 0 Å². The molecule has 0 radical (unpaired) electrons. The third-order valence-electron chi connectivity index (χ3n) is 5.54. The Morgan fingerprint density at radius 3 is 2.13 bits per heavy atom. The molecule has 31 heavy (non-hydrogen) atoms. The van der Waals surface area contributed by atoms with Crippen molar-refractivity contribution >= 4 is 12.0 Å². The molecule has 7 heteroatoms. The molecule has 1 saturated carbocycles. The van der Waals surface area contributed by atoms with E-state index in [0.717, 1.165) is 25.7 Å². The van der Waals surface area contributed by atoms with Crippen molar-refractivity contribution in [2.75, 3.05) is 21.3 Å². The Morgan fingerprint density at radius 1 is 1.03 bits per heavy atom. The van der Waals surface area contributed by atoms with Crippen LogP contribution in [-0.4, -0.2) is 38.2 Å². The lowest BCUT2D eigenvalue weighted by Gasteiger charge is -2.28. The van der Waals surface area contributed by atoms with Gasteiger partial charge in [0, 0.05) is 17.7 Å². The summed E-state index contributed by atoms with van der Waals surface area (Å²) in [7, 11) is 4.54. The molecule has 0 aliphatic heterocycles. The summed E-state index contributed by atoms with van der Waals surface area (Å²) in [6.07, 6.45) is 6.67. The fourth-order valence-corrected chi connectivity index (χ4v) is 3.92. The second kappa shape index (κ2) is 10.3. The molecular weight excluding hydrogens is 404 g/mol. The van der Waals surface area contributed by atoms with Crippen LogP contribution in [0.1, 0.15) is 36.8 Å². The molecule has 0 saturated heterocycles. The monoisotopic (exact) mass is 431 g/mol. The molecule has 166 valence electrons. The number of halogens is 2. The van der Waals surface area contributed by atoms with Crippen LogP contribution in [0.3, 0.4) is 0 Å². The summed E-state index contributed by atoms with van der Waals surface area (Å²) in [5.41, 5.74) is 0.579. The van der Waals surface area contributed by atoms with E-state index in [0.29, 0.717) is 22.8 Å². The highest BCUT2D eigenvalue weighted by molar-refractivity contribution is 5.92. The molecule has 2 aromatic carbocycles. The molecule has 0 bridgehead atoms. The summed E-state index contributed by atoms with van der Waals surface area (Å²) in [5.74, 6) is -0.210. The van der Waals surface area contributed by atoms with Crippen LogP contribution in [0.25, 0.3) is 6.08 Å². The molecule has 5 nitrogen and oxygen atoms in total. The van der Waals surface area contributed by atoms with Crippen LogP contribution < -0.4 is 14.2 Å². The van der Waals surface area contributed by atoms with Gasteiger partial charge >= 0.3 is 0 Å². The lowest BCUT2D eigenvalue weighted by atomic mass is 10.1. The number of methoxy groups -OCH3 is 3. The minimum absolute atomic E-state index is 0.0453. The minimum atomic E-state index is -0.649. The van der Waals surface area contributed by atoms with Gasteiger partial charge in [-0.15, -0.1) is 0 Å². The van der Waals surface area contributed by atoms with Gasteiger partial charge in [-0.3, -0.25) is 4.79 Å². The fourth-order valence-electron chi connectivity index (χ4n) is 3.92. The molecule has 0 N–H and O–H groups in total. The van der Waals surface area contributed by atoms with Crippen molar-refractivity contribution in [2.45, 2.75) is 38.3 Å². The van der Waals surface area contributed by atoms with Crippen LogP contribution in [0.5, 0.6) is 17.2 Å². The molecule has 0 unspecified atom stereocenters. The number of amides is 1. The van der Waals surface area contributed by atoms with Crippen LogP contribution in [-0.2, 0) is 11.3 Å². The highest BCUT2D eigenvalue weighted by Gasteiger charge is 2.27. The van der Waals surface area contributed by atoms with E-state index in [1.54, 1.807) is 23.1 Å². The summed E-state index contributed by atoms with van der Waals surface area (Å²) < 4.78 is 44.4. The normalized spacial score (nSPS) is 14.1. The van der Waals surface area contributed by atoms with E-state index >= 15 is 0 Å². The Balaban J connectivity index is 1.87. The highest BCUT2D eigenvalue weighted by Crippen LogP contribution is 2.38. The summed E-state index contributed by atoms with van der Waals surface area (Å²) in [6.45, 7) is -0.110. The molecule has 0 heterocycles. The van der Waals surface area contributed by atoms with E-state index < -0.39 is 11.6 Å².